The fourth-order valence-electron chi connectivity index (χ4n) is 5.49. The van der Waals surface area contributed by atoms with Crippen LogP contribution in [0.3, 0.4) is 0 Å². The Morgan fingerprint density at radius 2 is 2.03 bits per heavy atom. The molecule has 5 rings (SSSR count). The molecule has 0 saturated heterocycles. The quantitative estimate of drug-likeness (QED) is 0.570. The van der Waals surface area contributed by atoms with Crippen LogP contribution >= 0.6 is 0 Å². The van der Waals surface area contributed by atoms with Crippen LogP contribution in [0.15, 0.2) is 47.3 Å². The van der Waals surface area contributed by atoms with E-state index in [1.807, 2.05) is 30.5 Å². The van der Waals surface area contributed by atoms with Crippen molar-refractivity contribution in [1.29, 1.82) is 0 Å². The van der Waals surface area contributed by atoms with E-state index in [-0.39, 0.29) is 23.2 Å². The van der Waals surface area contributed by atoms with Gasteiger partial charge in [-0.05, 0) is 36.0 Å². The molecule has 1 N–H and O–H groups in total. The highest BCUT2D eigenvalue weighted by Crippen LogP contribution is 2.66. The molecule has 2 aromatic heterocycles. The number of aromatic nitrogens is 3. The second kappa shape index (κ2) is 7.43. The minimum absolute atomic E-state index is 0.0619. The normalized spacial score (nSPS) is 23.7. The second-order valence-corrected chi connectivity index (χ2v) is 9.67. The predicted molar refractivity (Wildman–Crippen MR) is 117 cm³/mol. The molecule has 0 spiro atoms. The number of hydrogen-bond acceptors (Lipinski definition) is 6. The van der Waals surface area contributed by atoms with Gasteiger partial charge in [-0.25, -0.2) is 0 Å². The van der Waals surface area contributed by atoms with E-state index in [4.69, 9.17) is 19.2 Å². The average Bonchev–Trinajstić information content (AvgIpc) is 3.42. The number of carboxylic acids is 1. The van der Waals surface area contributed by atoms with Gasteiger partial charge in [-0.3, -0.25) is 14.8 Å². The third-order valence-corrected chi connectivity index (χ3v) is 7.79. The molecular formula is C25H27N3O4. The number of fused-ring (bicyclic) bond motifs is 5. The fourth-order valence-corrected chi connectivity index (χ4v) is 5.49. The highest BCUT2D eigenvalue weighted by atomic mass is 16.5. The smallest absolute Gasteiger partial charge is 0.304 e. The summed E-state index contributed by atoms with van der Waals surface area (Å²) in [5.41, 5.74) is 4.81. The summed E-state index contributed by atoms with van der Waals surface area (Å²) in [6.45, 7) is 7.33. The van der Waals surface area contributed by atoms with Crippen LogP contribution in [-0.4, -0.2) is 26.2 Å². The molecular weight excluding hydrogens is 406 g/mol. The van der Waals surface area contributed by atoms with Gasteiger partial charge in [0.2, 0.25) is 0 Å². The van der Waals surface area contributed by atoms with E-state index in [0.29, 0.717) is 24.0 Å². The summed E-state index contributed by atoms with van der Waals surface area (Å²) < 4.78 is 10.9. The lowest BCUT2D eigenvalue weighted by molar-refractivity contribution is -0.137. The van der Waals surface area contributed by atoms with E-state index in [2.05, 4.69) is 25.9 Å². The van der Waals surface area contributed by atoms with Crippen LogP contribution in [0, 0.1) is 5.41 Å². The van der Waals surface area contributed by atoms with Crippen molar-refractivity contribution in [1.82, 2.24) is 15.1 Å². The van der Waals surface area contributed by atoms with E-state index in [1.165, 1.54) is 12.7 Å². The van der Waals surface area contributed by atoms with Gasteiger partial charge in [0.1, 0.15) is 18.6 Å². The molecule has 0 amide bonds. The summed E-state index contributed by atoms with van der Waals surface area (Å²) in [5.74, 6) is -0.0826. The Morgan fingerprint density at radius 3 is 2.72 bits per heavy atom. The zero-order valence-corrected chi connectivity index (χ0v) is 18.5. The predicted octanol–water partition coefficient (Wildman–Crippen LogP) is 4.83. The Bertz CT molecular complexity index is 1140. The molecule has 0 aliphatic heterocycles. The van der Waals surface area contributed by atoms with Gasteiger partial charge in [-0.2, -0.15) is 0 Å². The molecule has 2 unspecified atom stereocenters. The highest BCUT2D eigenvalue weighted by Gasteiger charge is 2.61. The van der Waals surface area contributed by atoms with Crippen LogP contribution in [0.5, 0.6) is 5.75 Å². The molecule has 2 aliphatic rings. The van der Waals surface area contributed by atoms with Gasteiger partial charge in [-0.15, -0.1) is 0 Å². The van der Waals surface area contributed by atoms with Crippen LogP contribution in [-0.2, 0) is 16.8 Å². The number of carbonyl (C=O) groups is 1. The summed E-state index contributed by atoms with van der Waals surface area (Å²) in [6, 6.07) is 9.12. The summed E-state index contributed by atoms with van der Waals surface area (Å²) in [7, 11) is 0. The van der Waals surface area contributed by atoms with Crippen molar-refractivity contribution >= 4 is 5.97 Å². The first-order valence-electron chi connectivity index (χ1n) is 11.0. The highest BCUT2D eigenvalue weighted by molar-refractivity contribution is 5.68. The zero-order valence-electron chi connectivity index (χ0n) is 18.5. The molecule has 2 aliphatic carbocycles. The largest absolute Gasteiger partial charge is 0.487 e. The molecule has 3 atom stereocenters. The molecule has 2 bridgehead atoms. The lowest BCUT2D eigenvalue weighted by atomic mass is 9.70. The van der Waals surface area contributed by atoms with Crippen LogP contribution in [0.1, 0.15) is 80.2 Å². The molecule has 7 heteroatoms. The van der Waals surface area contributed by atoms with Crippen molar-refractivity contribution in [3.05, 3.63) is 71.1 Å². The SMILES string of the molecule is CC12CCC(c3ncc(COc4ccc([C@H](CC(=O)O)c5ccon5)cc4)nc31)C2(C)C. The number of rotatable bonds is 7. The number of nitrogens with zero attached hydrogens (tertiary/aromatic N) is 3. The summed E-state index contributed by atoms with van der Waals surface area (Å²) in [6.07, 6.45) is 5.56. The van der Waals surface area contributed by atoms with Crippen molar-refractivity contribution in [2.24, 2.45) is 5.41 Å². The second-order valence-electron chi connectivity index (χ2n) is 9.67. The zero-order chi connectivity index (χ0) is 22.5. The van der Waals surface area contributed by atoms with Crippen LogP contribution in [0.25, 0.3) is 0 Å². The van der Waals surface area contributed by atoms with Gasteiger partial charge in [0, 0.05) is 23.3 Å². The summed E-state index contributed by atoms with van der Waals surface area (Å²) in [5, 5.41) is 13.2. The summed E-state index contributed by atoms with van der Waals surface area (Å²) >= 11 is 0. The molecule has 7 nitrogen and oxygen atoms in total. The van der Waals surface area contributed by atoms with Gasteiger partial charge in [-0.1, -0.05) is 38.1 Å². The molecule has 1 fully saturated rings. The first kappa shape index (κ1) is 20.7. The lowest BCUT2D eigenvalue weighted by Crippen LogP contribution is -2.32. The van der Waals surface area contributed by atoms with E-state index in [1.54, 1.807) is 6.07 Å². The van der Waals surface area contributed by atoms with Crippen LogP contribution in [0.2, 0.25) is 0 Å². The number of hydrogen-bond donors (Lipinski definition) is 1. The van der Waals surface area contributed by atoms with Crippen molar-refractivity contribution in [3.8, 4) is 5.75 Å². The van der Waals surface area contributed by atoms with Crippen molar-refractivity contribution in [2.75, 3.05) is 0 Å². The molecule has 32 heavy (non-hydrogen) atoms. The maximum atomic E-state index is 11.3. The average molecular weight is 434 g/mol. The maximum absolute atomic E-state index is 11.3. The third kappa shape index (κ3) is 3.18. The number of benzene rings is 1. The van der Waals surface area contributed by atoms with E-state index >= 15 is 0 Å². The van der Waals surface area contributed by atoms with Crippen LogP contribution < -0.4 is 4.74 Å². The Kier molecular flexibility index (Phi) is 4.80. The van der Waals surface area contributed by atoms with Crippen molar-refractivity contribution in [2.45, 2.75) is 63.9 Å². The Labute approximate surface area is 186 Å². The topological polar surface area (TPSA) is 98.3 Å². The standard InChI is InChI=1S/C25H27N3O4/c1-24(2)19-8-10-25(24,3)23-22(19)26-13-16(27-23)14-31-17-6-4-15(5-7-17)18(12-21(29)30)20-9-11-32-28-20/h4-7,9,11,13,18-19H,8,10,12,14H2,1-3H3,(H,29,30)/t18-,19?,25?/m0/s1. The molecule has 3 aromatic rings. The van der Waals surface area contributed by atoms with Gasteiger partial charge in [0.25, 0.3) is 0 Å². The molecule has 166 valence electrons. The Morgan fingerprint density at radius 1 is 1.25 bits per heavy atom. The Hall–Kier alpha value is -3.22. The van der Waals surface area contributed by atoms with E-state index < -0.39 is 5.97 Å². The van der Waals surface area contributed by atoms with Gasteiger partial charge in [0.05, 0.1) is 35.4 Å². The van der Waals surface area contributed by atoms with E-state index in [0.717, 1.165) is 29.1 Å². The van der Waals surface area contributed by atoms with Crippen molar-refractivity contribution < 1.29 is 19.2 Å². The fraction of sp³-hybridized carbons (Fsp3) is 0.440. The first-order chi connectivity index (χ1) is 15.3. The van der Waals surface area contributed by atoms with Gasteiger partial charge < -0.3 is 14.4 Å². The molecule has 2 heterocycles. The molecule has 1 saturated carbocycles. The minimum atomic E-state index is -0.890. The minimum Gasteiger partial charge on any atom is -0.487 e. The molecule has 1 aromatic carbocycles. The monoisotopic (exact) mass is 433 g/mol. The summed E-state index contributed by atoms with van der Waals surface area (Å²) in [4.78, 5) is 21.0. The lowest BCUT2D eigenvalue weighted by Gasteiger charge is -2.34. The molecule has 0 radical (unpaired) electrons. The first-order valence-corrected chi connectivity index (χ1v) is 11.0. The number of carboxylic acid groups (broad SMARTS) is 1. The van der Waals surface area contributed by atoms with Crippen LogP contribution in [0.4, 0.5) is 0 Å². The maximum Gasteiger partial charge on any atom is 0.304 e. The Balaban J connectivity index is 1.30. The number of aliphatic carboxylic acids is 1. The van der Waals surface area contributed by atoms with Crippen molar-refractivity contribution in [3.63, 3.8) is 0 Å². The van der Waals surface area contributed by atoms with Gasteiger partial charge in [0.15, 0.2) is 0 Å². The number of ether oxygens (including phenoxy) is 1. The van der Waals surface area contributed by atoms with Gasteiger partial charge >= 0.3 is 5.97 Å². The third-order valence-electron chi connectivity index (χ3n) is 7.79. The van der Waals surface area contributed by atoms with E-state index in [9.17, 15) is 9.90 Å².